The van der Waals surface area contributed by atoms with Gasteiger partial charge < -0.3 is 15.2 Å². The Balaban J connectivity index is 1.58. The molecule has 0 amide bonds. The van der Waals surface area contributed by atoms with Gasteiger partial charge in [0.2, 0.25) is 0 Å². The maximum atomic E-state index is 11.9. The zero-order chi connectivity index (χ0) is 20.7. The zero-order valence-corrected chi connectivity index (χ0v) is 17.7. The third-order valence-corrected chi connectivity index (χ3v) is 6.35. The van der Waals surface area contributed by atoms with Crippen LogP contribution in [0, 0.1) is 4.91 Å². The van der Waals surface area contributed by atoms with Gasteiger partial charge in [-0.3, -0.25) is 4.90 Å². The van der Waals surface area contributed by atoms with Gasteiger partial charge in [-0.1, -0.05) is 41.9 Å². The van der Waals surface area contributed by atoms with Crippen molar-refractivity contribution in [3.05, 3.63) is 52.4 Å². The summed E-state index contributed by atoms with van der Waals surface area (Å²) in [6.07, 6.45) is 0. The van der Waals surface area contributed by atoms with E-state index in [1.165, 1.54) is 0 Å². The lowest BCUT2D eigenvalue weighted by atomic mass is 10.0. The van der Waals surface area contributed by atoms with Gasteiger partial charge in [0.25, 0.3) is 0 Å². The molecule has 0 spiro atoms. The number of rotatable bonds is 5. The first-order valence-corrected chi connectivity index (χ1v) is 10.7. The fraction of sp³-hybridized carbons (Fsp3) is 0.304. The SMILES string of the molecule is CN1CCN(CCNc2[nH]c3cc(Cl)ccc3c3c4ccccc4c(N=O)c2-3)CC1. The van der Waals surface area contributed by atoms with Gasteiger partial charge >= 0.3 is 0 Å². The van der Waals surface area contributed by atoms with Crippen LogP contribution in [0.5, 0.6) is 0 Å². The van der Waals surface area contributed by atoms with E-state index in [4.69, 9.17) is 11.6 Å². The number of likely N-dealkylation sites (N-methyl/N-ethyl adjacent to an activating group) is 1. The summed E-state index contributed by atoms with van der Waals surface area (Å²) in [6, 6.07) is 13.8. The van der Waals surface area contributed by atoms with Crippen molar-refractivity contribution in [2.45, 2.75) is 0 Å². The van der Waals surface area contributed by atoms with Crippen LogP contribution >= 0.6 is 11.6 Å². The molecule has 0 aromatic heterocycles. The first-order valence-electron chi connectivity index (χ1n) is 10.3. The Morgan fingerprint density at radius 3 is 2.57 bits per heavy atom. The molecular formula is C23H24ClN5O. The van der Waals surface area contributed by atoms with Crippen molar-refractivity contribution < 1.29 is 0 Å². The Morgan fingerprint density at radius 1 is 1.03 bits per heavy atom. The molecule has 1 fully saturated rings. The molecule has 7 heteroatoms. The summed E-state index contributed by atoms with van der Waals surface area (Å²) >= 11 is 6.27. The van der Waals surface area contributed by atoms with Crippen LogP contribution in [0.4, 0.5) is 11.5 Å². The standard InChI is InChI=1S/C23H24ClN5O/c1-28-10-12-29(13-11-28)9-8-25-23-21-20(18-7-6-15(24)14-19(18)26-23)16-4-2-3-5-17(16)22(21)27-30/h2-7,14,25-26H,8-13H2,1H3. The van der Waals surface area contributed by atoms with Crippen LogP contribution in [-0.4, -0.2) is 61.1 Å². The summed E-state index contributed by atoms with van der Waals surface area (Å²) in [6.45, 7) is 6.07. The predicted molar refractivity (Wildman–Crippen MR) is 125 cm³/mol. The summed E-state index contributed by atoms with van der Waals surface area (Å²) < 4.78 is 0. The number of hydrogen-bond donors (Lipinski definition) is 2. The number of aromatic nitrogens is 1. The molecule has 2 aromatic carbocycles. The molecule has 2 N–H and O–H groups in total. The van der Waals surface area contributed by atoms with E-state index in [-0.39, 0.29) is 0 Å². The number of anilines is 1. The first kappa shape index (κ1) is 19.3. The minimum atomic E-state index is 0.482. The topological polar surface area (TPSA) is 63.7 Å². The molecule has 1 saturated heterocycles. The number of pyridine rings is 1. The number of nitrogens with one attached hydrogen (secondary N) is 2. The van der Waals surface area contributed by atoms with Crippen LogP contribution in [0.2, 0.25) is 5.02 Å². The van der Waals surface area contributed by atoms with E-state index in [9.17, 15) is 4.91 Å². The van der Waals surface area contributed by atoms with E-state index in [0.29, 0.717) is 10.7 Å². The molecule has 154 valence electrons. The van der Waals surface area contributed by atoms with Crippen molar-refractivity contribution in [1.82, 2.24) is 14.8 Å². The minimum absolute atomic E-state index is 0.482. The van der Waals surface area contributed by atoms with Gasteiger partial charge in [-0.25, -0.2) is 0 Å². The maximum Gasteiger partial charge on any atom is 0.127 e. The molecule has 0 saturated carbocycles. The van der Waals surface area contributed by atoms with Crippen LogP contribution in [0.3, 0.4) is 0 Å². The Bertz CT molecular complexity index is 1200. The highest BCUT2D eigenvalue weighted by Gasteiger charge is 2.25. The Hall–Kier alpha value is -2.67. The lowest BCUT2D eigenvalue weighted by molar-refractivity contribution is 0.158. The van der Waals surface area contributed by atoms with Gasteiger partial charge in [-0.15, -0.1) is 4.91 Å². The number of aromatic amines is 1. The number of halogens is 1. The molecule has 0 unspecified atom stereocenters. The van der Waals surface area contributed by atoms with Crippen molar-refractivity contribution in [2.24, 2.45) is 5.18 Å². The fourth-order valence-corrected chi connectivity index (χ4v) is 4.66. The molecule has 0 atom stereocenters. The van der Waals surface area contributed by atoms with Crippen molar-refractivity contribution in [1.29, 1.82) is 0 Å². The highest BCUT2D eigenvalue weighted by molar-refractivity contribution is 6.31. The molecule has 0 radical (unpaired) electrons. The lowest BCUT2D eigenvalue weighted by Gasteiger charge is -2.32. The molecule has 3 aliphatic rings. The van der Waals surface area contributed by atoms with Crippen molar-refractivity contribution >= 4 is 44.8 Å². The smallest absolute Gasteiger partial charge is 0.127 e. The van der Waals surface area contributed by atoms with E-state index < -0.39 is 0 Å². The second kappa shape index (κ2) is 7.87. The normalized spacial score (nSPS) is 15.9. The third kappa shape index (κ3) is 3.31. The lowest BCUT2D eigenvalue weighted by Crippen LogP contribution is -2.45. The summed E-state index contributed by atoms with van der Waals surface area (Å²) in [4.78, 5) is 20.1. The van der Waals surface area contributed by atoms with Crippen molar-refractivity contribution in [3.8, 4) is 11.1 Å². The summed E-state index contributed by atoms with van der Waals surface area (Å²) in [7, 11) is 2.16. The van der Waals surface area contributed by atoms with E-state index in [2.05, 4.69) is 38.4 Å². The van der Waals surface area contributed by atoms with Gasteiger partial charge in [0, 0.05) is 66.1 Å². The van der Waals surface area contributed by atoms with Gasteiger partial charge in [0.15, 0.2) is 0 Å². The van der Waals surface area contributed by atoms with E-state index in [1.54, 1.807) is 0 Å². The second-order valence-electron chi connectivity index (χ2n) is 8.00. The van der Waals surface area contributed by atoms with Gasteiger partial charge in [-0.05, 0) is 29.7 Å². The highest BCUT2D eigenvalue weighted by atomic mass is 35.5. The molecule has 1 aliphatic carbocycles. The second-order valence-corrected chi connectivity index (χ2v) is 8.43. The third-order valence-electron chi connectivity index (χ3n) is 6.12. The molecule has 2 aromatic rings. The number of benzene rings is 2. The summed E-state index contributed by atoms with van der Waals surface area (Å²) in [5.74, 6) is 0.819. The molecule has 5 rings (SSSR count). The van der Waals surface area contributed by atoms with Crippen LogP contribution in [0.15, 0.2) is 47.6 Å². The fourth-order valence-electron chi connectivity index (χ4n) is 4.49. The number of nitroso groups, excluding NO2 is 1. The molecule has 6 nitrogen and oxygen atoms in total. The molecule has 2 heterocycles. The van der Waals surface area contributed by atoms with Crippen molar-refractivity contribution in [3.63, 3.8) is 0 Å². The predicted octanol–water partition coefficient (Wildman–Crippen LogP) is 5.14. The number of H-pyrrole nitrogens is 1. The number of fused-ring (bicyclic) bond motifs is 5. The van der Waals surface area contributed by atoms with E-state index in [1.807, 2.05) is 36.4 Å². The van der Waals surface area contributed by atoms with Gasteiger partial charge in [0.05, 0.1) is 5.56 Å². The van der Waals surface area contributed by atoms with Crippen LogP contribution in [0.25, 0.3) is 32.8 Å². The van der Waals surface area contributed by atoms with Crippen LogP contribution in [-0.2, 0) is 0 Å². The summed E-state index contributed by atoms with van der Waals surface area (Å²) in [5, 5.41) is 10.6. The number of piperazine rings is 1. The number of hydrogen-bond acceptors (Lipinski definition) is 5. The van der Waals surface area contributed by atoms with Gasteiger partial charge in [-0.2, -0.15) is 0 Å². The van der Waals surface area contributed by atoms with Gasteiger partial charge in [0.1, 0.15) is 11.5 Å². The zero-order valence-electron chi connectivity index (χ0n) is 16.9. The molecule has 0 bridgehead atoms. The largest absolute Gasteiger partial charge is 0.370 e. The maximum absolute atomic E-state index is 11.9. The average Bonchev–Trinajstić information content (AvgIpc) is 3.10. The average molecular weight is 422 g/mol. The van der Waals surface area contributed by atoms with Crippen molar-refractivity contribution in [2.75, 3.05) is 51.6 Å². The first-order chi connectivity index (χ1) is 14.7. The van der Waals surface area contributed by atoms with Crippen LogP contribution < -0.4 is 5.32 Å². The molecule has 2 aliphatic heterocycles. The van der Waals surface area contributed by atoms with Crippen LogP contribution in [0.1, 0.15) is 0 Å². The highest BCUT2D eigenvalue weighted by Crippen LogP contribution is 2.50. The Labute approximate surface area is 180 Å². The number of nitrogens with zero attached hydrogens (tertiary/aromatic N) is 3. The quantitative estimate of drug-likeness (QED) is 0.438. The minimum Gasteiger partial charge on any atom is -0.370 e. The van der Waals surface area contributed by atoms with E-state index in [0.717, 1.165) is 77.9 Å². The molecular weight excluding hydrogens is 398 g/mol. The monoisotopic (exact) mass is 421 g/mol. The Morgan fingerprint density at radius 2 is 1.80 bits per heavy atom. The van der Waals surface area contributed by atoms with E-state index >= 15 is 0 Å². The summed E-state index contributed by atoms with van der Waals surface area (Å²) in [5.41, 5.74) is 3.30. The molecule has 30 heavy (non-hydrogen) atoms. The Kier molecular flexibility index (Phi) is 5.06.